The molecule has 0 amide bonds. The number of nitro benzene ring substituents is 1. The second-order valence-electron chi connectivity index (χ2n) is 3.73. The molecule has 1 aromatic heterocycles. The van der Waals surface area contributed by atoms with Crippen LogP contribution < -0.4 is 4.18 Å². The van der Waals surface area contributed by atoms with Crippen LogP contribution >= 0.6 is 23.2 Å². The van der Waals surface area contributed by atoms with Gasteiger partial charge < -0.3 is 4.18 Å². The molecule has 2 aromatic rings. The minimum atomic E-state index is -4.16. The molecule has 10 heteroatoms. The molecule has 21 heavy (non-hydrogen) atoms. The molecule has 0 bridgehead atoms. The normalized spacial score (nSPS) is 11.1. The Labute approximate surface area is 129 Å². The van der Waals surface area contributed by atoms with Gasteiger partial charge in [-0.3, -0.25) is 10.1 Å². The van der Waals surface area contributed by atoms with Crippen LogP contribution in [0.3, 0.4) is 0 Å². The zero-order valence-corrected chi connectivity index (χ0v) is 12.4. The van der Waals surface area contributed by atoms with Crippen LogP contribution in [0.4, 0.5) is 5.69 Å². The first kappa shape index (κ1) is 15.5. The quantitative estimate of drug-likeness (QED) is 0.364. The summed E-state index contributed by atoms with van der Waals surface area (Å²) >= 11 is 11.3. The van der Waals surface area contributed by atoms with Gasteiger partial charge in [0.15, 0.2) is 0 Å². The number of benzene rings is 1. The van der Waals surface area contributed by atoms with Crippen LogP contribution in [-0.4, -0.2) is 18.3 Å². The summed E-state index contributed by atoms with van der Waals surface area (Å²) in [6.45, 7) is 0. The predicted octanol–water partition coefficient (Wildman–Crippen LogP) is 3.06. The van der Waals surface area contributed by atoms with Gasteiger partial charge in [0.2, 0.25) is 0 Å². The average Bonchev–Trinajstić information content (AvgIpc) is 2.42. The SMILES string of the molecule is O=[N+]([O-])c1ccc(OS(=O)(=O)c2cnc(Cl)c(Cl)c2)cc1. The van der Waals surface area contributed by atoms with E-state index in [0.29, 0.717) is 0 Å². The van der Waals surface area contributed by atoms with Crippen LogP contribution in [0.1, 0.15) is 0 Å². The van der Waals surface area contributed by atoms with Gasteiger partial charge in [0, 0.05) is 12.1 Å². The third-order valence-electron chi connectivity index (χ3n) is 2.31. The summed E-state index contributed by atoms with van der Waals surface area (Å²) in [5.74, 6) is -0.0772. The van der Waals surface area contributed by atoms with Crippen molar-refractivity contribution in [3.8, 4) is 5.75 Å². The third kappa shape index (κ3) is 3.60. The van der Waals surface area contributed by atoms with Crippen molar-refractivity contribution in [3.05, 3.63) is 56.8 Å². The van der Waals surface area contributed by atoms with Gasteiger partial charge in [0.05, 0.1) is 16.1 Å². The van der Waals surface area contributed by atoms with Crippen molar-refractivity contribution in [1.82, 2.24) is 4.98 Å². The van der Waals surface area contributed by atoms with Crippen molar-refractivity contribution < 1.29 is 17.5 Å². The lowest BCUT2D eigenvalue weighted by molar-refractivity contribution is -0.384. The molecule has 0 N–H and O–H groups in total. The van der Waals surface area contributed by atoms with Gasteiger partial charge in [0.25, 0.3) is 5.69 Å². The minimum Gasteiger partial charge on any atom is -0.379 e. The van der Waals surface area contributed by atoms with E-state index >= 15 is 0 Å². The first-order valence-electron chi connectivity index (χ1n) is 5.29. The van der Waals surface area contributed by atoms with Crippen LogP contribution in [0.2, 0.25) is 10.2 Å². The van der Waals surface area contributed by atoms with Gasteiger partial charge in [-0.2, -0.15) is 8.42 Å². The predicted molar refractivity (Wildman–Crippen MR) is 75.2 cm³/mol. The second kappa shape index (κ2) is 5.84. The molecule has 0 atom stereocenters. The topological polar surface area (TPSA) is 99.4 Å². The lowest BCUT2D eigenvalue weighted by Crippen LogP contribution is -2.10. The van der Waals surface area contributed by atoms with Crippen LogP contribution in [0.25, 0.3) is 0 Å². The van der Waals surface area contributed by atoms with Gasteiger partial charge in [-0.25, -0.2) is 4.98 Å². The van der Waals surface area contributed by atoms with E-state index in [4.69, 9.17) is 27.4 Å². The van der Waals surface area contributed by atoms with Crippen LogP contribution in [-0.2, 0) is 10.1 Å². The van der Waals surface area contributed by atoms with E-state index < -0.39 is 15.0 Å². The summed E-state index contributed by atoms with van der Waals surface area (Å²) in [5.41, 5.74) is -0.184. The van der Waals surface area contributed by atoms with Gasteiger partial charge >= 0.3 is 10.1 Å². The van der Waals surface area contributed by atoms with Crippen molar-refractivity contribution >= 4 is 39.0 Å². The van der Waals surface area contributed by atoms with E-state index in [0.717, 1.165) is 24.4 Å². The Balaban J connectivity index is 2.28. The minimum absolute atomic E-state index is 0.0362. The number of nitrogens with zero attached hydrogens (tertiary/aromatic N) is 2. The lowest BCUT2D eigenvalue weighted by Gasteiger charge is -2.07. The summed E-state index contributed by atoms with van der Waals surface area (Å²) in [7, 11) is -4.16. The number of halogens is 2. The maximum absolute atomic E-state index is 12.0. The molecule has 0 fully saturated rings. The Bertz CT molecular complexity index is 793. The molecule has 0 saturated heterocycles. The van der Waals surface area contributed by atoms with Gasteiger partial charge in [-0.15, -0.1) is 0 Å². The van der Waals surface area contributed by atoms with Crippen LogP contribution in [0.15, 0.2) is 41.4 Å². The molecule has 0 aliphatic rings. The average molecular weight is 349 g/mol. The zero-order valence-electron chi connectivity index (χ0n) is 10.1. The fraction of sp³-hybridized carbons (Fsp3) is 0. The van der Waals surface area contributed by atoms with Gasteiger partial charge in [-0.05, 0) is 18.2 Å². The standard InChI is InChI=1S/C11H6Cl2N2O5S/c12-10-5-9(6-14-11(10)13)21(18,19)20-8-3-1-7(2-4-8)15(16)17/h1-6H. The number of hydrogen-bond donors (Lipinski definition) is 0. The zero-order chi connectivity index (χ0) is 15.6. The fourth-order valence-corrected chi connectivity index (χ4v) is 2.58. The van der Waals surface area contributed by atoms with Crippen LogP contribution in [0.5, 0.6) is 5.75 Å². The number of pyridine rings is 1. The molecule has 0 spiro atoms. The Hall–Kier alpha value is -1.90. The summed E-state index contributed by atoms with van der Waals surface area (Å²) < 4.78 is 28.8. The molecule has 0 aliphatic heterocycles. The highest BCUT2D eigenvalue weighted by Crippen LogP contribution is 2.25. The molecule has 2 rings (SSSR count). The molecule has 7 nitrogen and oxygen atoms in total. The maximum atomic E-state index is 12.0. The summed E-state index contributed by atoms with van der Waals surface area (Å²) in [6, 6.07) is 5.68. The number of hydrogen-bond acceptors (Lipinski definition) is 6. The summed E-state index contributed by atoms with van der Waals surface area (Å²) in [6.07, 6.45) is 0.995. The molecule has 1 aromatic carbocycles. The second-order valence-corrected chi connectivity index (χ2v) is 6.04. The van der Waals surface area contributed by atoms with E-state index in [1.807, 2.05) is 0 Å². The molecule has 0 saturated carbocycles. The number of aromatic nitrogens is 1. The van der Waals surface area contributed by atoms with Crippen molar-refractivity contribution in [1.29, 1.82) is 0 Å². The number of nitro groups is 1. The molecule has 0 unspecified atom stereocenters. The van der Waals surface area contributed by atoms with E-state index in [1.165, 1.54) is 12.1 Å². The largest absolute Gasteiger partial charge is 0.379 e. The van der Waals surface area contributed by atoms with E-state index in [1.54, 1.807) is 0 Å². The highest BCUT2D eigenvalue weighted by molar-refractivity contribution is 7.87. The van der Waals surface area contributed by atoms with E-state index in [2.05, 4.69) is 4.98 Å². The lowest BCUT2D eigenvalue weighted by atomic mass is 10.3. The number of rotatable bonds is 4. The van der Waals surface area contributed by atoms with Gasteiger partial charge in [0.1, 0.15) is 15.8 Å². The highest BCUT2D eigenvalue weighted by Gasteiger charge is 2.19. The Morgan fingerprint density at radius 3 is 2.33 bits per heavy atom. The van der Waals surface area contributed by atoms with E-state index in [9.17, 15) is 18.5 Å². The monoisotopic (exact) mass is 348 g/mol. The Morgan fingerprint density at radius 1 is 1.19 bits per heavy atom. The van der Waals surface area contributed by atoms with Crippen molar-refractivity contribution in [2.24, 2.45) is 0 Å². The van der Waals surface area contributed by atoms with Gasteiger partial charge in [-0.1, -0.05) is 23.2 Å². The van der Waals surface area contributed by atoms with Crippen LogP contribution in [0, 0.1) is 10.1 Å². The molecular formula is C11H6Cl2N2O5S. The first-order chi connectivity index (χ1) is 9.79. The Morgan fingerprint density at radius 2 is 1.81 bits per heavy atom. The Kier molecular flexibility index (Phi) is 4.31. The molecule has 0 radical (unpaired) electrons. The molecular weight excluding hydrogens is 343 g/mol. The molecule has 1 heterocycles. The van der Waals surface area contributed by atoms with Crippen molar-refractivity contribution in [3.63, 3.8) is 0 Å². The summed E-state index contributed by atoms with van der Waals surface area (Å²) in [4.78, 5) is 13.2. The van der Waals surface area contributed by atoms with E-state index in [-0.39, 0.29) is 26.5 Å². The molecule has 0 aliphatic carbocycles. The smallest absolute Gasteiger partial charge is 0.340 e. The van der Waals surface area contributed by atoms with Crippen molar-refractivity contribution in [2.75, 3.05) is 0 Å². The fourth-order valence-electron chi connectivity index (χ4n) is 1.34. The molecule has 110 valence electrons. The third-order valence-corrected chi connectivity index (χ3v) is 4.21. The highest BCUT2D eigenvalue weighted by atomic mass is 35.5. The number of non-ortho nitro benzene ring substituents is 1. The van der Waals surface area contributed by atoms with Crippen molar-refractivity contribution in [2.45, 2.75) is 4.90 Å². The first-order valence-corrected chi connectivity index (χ1v) is 7.46. The maximum Gasteiger partial charge on any atom is 0.340 e. The summed E-state index contributed by atoms with van der Waals surface area (Å²) in [5, 5.41) is 10.4.